The van der Waals surface area contributed by atoms with Crippen molar-refractivity contribution in [3.8, 4) is 11.1 Å². The van der Waals surface area contributed by atoms with E-state index in [9.17, 15) is 4.79 Å². The zero-order chi connectivity index (χ0) is 23.0. The molecule has 0 bridgehead atoms. The van der Waals surface area contributed by atoms with Gasteiger partial charge >= 0.3 is 0 Å². The van der Waals surface area contributed by atoms with Crippen LogP contribution in [0.5, 0.6) is 0 Å². The SMILES string of the molecule is COCCc1ncc(CN2CCC[C@H](C(=O)Nc3cccc(-c4cccc(C)c4)c3)C2)cn1. The smallest absolute Gasteiger partial charge is 0.228 e. The average Bonchev–Trinajstić information content (AvgIpc) is 2.84. The molecule has 1 aliphatic rings. The Balaban J connectivity index is 1.35. The molecule has 1 aliphatic heterocycles. The summed E-state index contributed by atoms with van der Waals surface area (Å²) < 4.78 is 5.08. The third-order valence-corrected chi connectivity index (χ3v) is 6.05. The van der Waals surface area contributed by atoms with Gasteiger partial charge in [0.05, 0.1) is 12.5 Å². The number of methoxy groups -OCH3 is 1. The first-order valence-electron chi connectivity index (χ1n) is 11.6. The number of nitrogens with zero attached hydrogens (tertiary/aromatic N) is 3. The first kappa shape index (κ1) is 23.1. The Bertz CT molecular complexity index is 1070. The van der Waals surface area contributed by atoms with Gasteiger partial charge in [0, 0.05) is 50.3 Å². The molecule has 1 aromatic heterocycles. The molecule has 172 valence electrons. The molecule has 1 N–H and O–H groups in total. The summed E-state index contributed by atoms with van der Waals surface area (Å²) in [6.07, 6.45) is 6.41. The van der Waals surface area contributed by atoms with Crippen LogP contribution in [0.3, 0.4) is 0 Å². The fraction of sp³-hybridized carbons (Fsp3) is 0.370. The van der Waals surface area contributed by atoms with Gasteiger partial charge in [-0.1, -0.05) is 42.0 Å². The molecule has 0 radical (unpaired) electrons. The summed E-state index contributed by atoms with van der Waals surface area (Å²) in [7, 11) is 1.68. The number of anilines is 1. The molecule has 6 heteroatoms. The Kier molecular flexibility index (Phi) is 7.81. The van der Waals surface area contributed by atoms with Gasteiger partial charge in [-0.05, 0) is 49.6 Å². The molecule has 4 rings (SSSR count). The summed E-state index contributed by atoms with van der Waals surface area (Å²) >= 11 is 0. The third kappa shape index (κ3) is 6.46. The Morgan fingerprint density at radius 3 is 2.64 bits per heavy atom. The van der Waals surface area contributed by atoms with E-state index in [1.807, 2.05) is 24.5 Å². The second kappa shape index (κ2) is 11.2. The van der Waals surface area contributed by atoms with E-state index in [-0.39, 0.29) is 11.8 Å². The van der Waals surface area contributed by atoms with Crippen molar-refractivity contribution in [2.75, 3.05) is 32.1 Å². The van der Waals surface area contributed by atoms with Gasteiger partial charge < -0.3 is 10.1 Å². The molecule has 0 aliphatic carbocycles. The van der Waals surface area contributed by atoms with E-state index >= 15 is 0 Å². The predicted octanol–water partition coefficient (Wildman–Crippen LogP) is 4.49. The number of carbonyl (C=O) groups is 1. The van der Waals surface area contributed by atoms with Gasteiger partial charge in [-0.25, -0.2) is 9.97 Å². The second-order valence-corrected chi connectivity index (χ2v) is 8.76. The van der Waals surface area contributed by atoms with E-state index in [1.165, 1.54) is 5.56 Å². The van der Waals surface area contributed by atoms with Gasteiger partial charge in [-0.2, -0.15) is 0 Å². The monoisotopic (exact) mass is 444 g/mol. The Hall–Kier alpha value is -3.09. The van der Waals surface area contributed by atoms with Crippen LogP contribution < -0.4 is 5.32 Å². The maximum absolute atomic E-state index is 13.0. The summed E-state index contributed by atoms with van der Waals surface area (Å²) in [6, 6.07) is 16.5. The highest BCUT2D eigenvalue weighted by Crippen LogP contribution is 2.25. The summed E-state index contributed by atoms with van der Waals surface area (Å²) in [4.78, 5) is 24.2. The minimum Gasteiger partial charge on any atom is -0.384 e. The van der Waals surface area contributed by atoms with E-state index in [2.05, 4.69) is 63.5 Å². The van der Waals surface area contributed by atoms with Crippen molar-refractivity contribution >= 4 is 11.6 Å². The third-order valence-electron chi connectivity index (χ3n) is 6.05. The molecule has 2 aromatic carbocycles. The highest BCUT2D eigenvalue weighted by molar-refractivity contribution is 5.93. The molecule has 0 saturated carbocycles. The molecule has 33 heavy (non-hydrogen) atoms. The van der Waals surface area contributed by atoms with Gasteiger partial charge in [-0.15, -0.1) is 0 Å². The minimum atomic E-state index is -0.0247. The molecule has 2 heterocycles. The number of rotatable bonds is 8. The van der Waals surface area contributed by atoms with Crippen molar-refractivity contribution in [2.24, 2.45) is 5.92 Å². The van der Waals surface area contributed by atoms with Crippen LogP contribution in [0.2, 0.25) is 0 Å². The Morgan fingerprint density at radius 2 is 1.88 bits per heavy atom. The lowest BCUT2D eigenvalue weighted by molar-refractivity contribution is -0.121. The van der Waals surface area contributed by atoms with Crippen LogP contribution in [0.4, 0.5) is 5.69 Å². The number of amides is 1. The lowest BCUT2D eigenvalue weighted by Crippen LogP contribution is -2.40. The number of hydrogen-bond donors (Lipinski definition) is 1. The van der Waals surface area contributed by atoms with Crippen molar-refractivity contribution < 1.29 is 9.53 Å². The molecule has 1 saturated heterocycles. The lowest BCUT2D eigenvalue weighted by atomic mass is 9.96. The maximum Gasteiger partial charge on any atom is 0.228 e. The molecule has 0 unspecified atom stereocenters. The van der Waals surface area contributed by atoms with Crippen molar-refractivity contribution in [1.82, 2.24) is 14.9 Å². The van der Waals surface area contributed by atoms with Crippen molar-refractivity contribution in [2.45, 2.75) is 32.7 Å². The number of hydrogen-bond acceptors (Lipinski definition) is 5. The van der Waals surface area contributed by atoms with Crippen LogP contribution in [-0.2, 0) is 22.5 Å². The van der Waals surface area contributed by atoms with E-state index < -0.39 is 0 Å². The Morgan fingerprint density at radius 1 is 1.12 bits per heavy atom. The van der Waals surface area contributed by atoms with E-state index in [1.54, 1.807) is 7.11 Å². The van der Waals surface area contributed by atoms with Crippen LogP contribution in [0.15, 0.2) is 60.9 Å². The quantitative estimate of drug-likeness (QED) is 0.554. The Labute approximate surface area is 196 Å². The molecule has 3 aromatic rings. The average molecular weight is 445 g/mol. The van der Waals surface area contributed by atoms with Crippen molar-refractivity contribution in [1.29, 1.82) is 0 Å². The number of nitrogens with one attached hydrogen (secondary N) is 1. The fourth-order valence-electron chi connectivity index (χ4n) is 4.30. The van der Waals surface area contributed by atoms with E-state index in [4.69, 9.17) is 4.74 Å². The molecule has 1 amide bonds. The van der Waals surface area contributed by atoms with Crippen LogP contribution in [0, 0.1) is 12.8 Å². The van der Waals surface area contributed by atoms with E-state index in [0.29, 0.717) is 13.0 Å². The number of carbonyl (C=O) groups excluding carboxylic acids is 1. The second-order valence-electron chi connectivity index (χ2n) is 8.76. The van der Waals surface area contributed by atoms with Crippen LogP contribution >= 0.6 is 0 Å². The predicted molar refractivity (Wildman–Crippen MR) is 131 cm³/mol. The number of ether oxygens (including phenoxy) is 1. The molecule has 1 fully saturated rings. The first-order valence-corrected chi connectivity index (χ1v) is 11.6. The van der Waals surface area contributed by atoms with Crippen LogP contribution in [-0.4, -0.2) is 47.6 Å². The highest BCUT2D eigenvalue weighted by atomic mass is 16.5. The molecular formula is C27H32N4O2. The summed E-state index contributed by atoms with van der Waals surface area (Å²) in [6.45, 7) is 5.20. The van der Waals surface area contributed by atoms with Gasteiger partial charge in [0.15, 0.2) is 0 Å². The van der Waals surface area contributed by atoms with Crippen molar-refractivity contribution in [3.63, 3.8) is 0 Å². The molecule has 0 spiro atoms. The van der Waals surface area contributed by atoms with Crippen LogP contribution in [0.1, 0.15) is 29.8 Å². The highest BCUT2D eigenvalue weighted by Gasteiger charge is 2.26. The number of likely N-dealkylation sites (tertiary alicyclic amines) is 1. The number of benzene rings is 2. The van der Waals surface area contributed by atoms with Crippen molar-refractivity contribution in [3.05, 3.63) is 77.9 Å². The summed E-state index contributed by atoms with van der Waals surface area (Å²) in [5.74, 6) is 0.861. The maximum atomic E-state index is 13.0. The van der Waals surface area contributed by atoms with Crippen LogP contribution in [0.25, 0.3) is 11.1 Å². The zero-order valence-electron chi connectivity index (χ0n) is 19.5. The van der Waals surface area contributed by atoms with E-state index in [0.717, 1.165) is 60.7 Å². The molecule has 1 atom stereocenters. The van der Waals surface area contributed by atoms with Gasteiger partial charge in [0.1, 0.15) is 5.82 Å². The largest absolute Gasteiger partial charge is 0.384 e. The first-order chi connectivity index (χ1) is 16.1. The van der Waals surface area contributed by atoms with Gasteiger partial charge in [0.2, 0.25) is 5.91 Å². The molecule has 6 nitrogen and oxygen atoms in total. The minimum absolute atomic E-state index is 0.0247. The van der Waals surface area contributed by atoms with Gasteiger partial charge in [0.25, 0.3) is 0 Å². The summed E-state index contributed by atoms with van der Waals surface area (Å²) in [5, 5.41) is 3.15. The summed E-state index contributed by atoms with van der Waals surface area (Å²) in [5.41, 5.74) is 5.40. The normalized spacial score (nSPS) is 16.5. The fourth-order valence-corrected chi connectivity index (χ4v) is 4.30. The molecular weight excluding hydrogens is 412 g/mol. The standard InChI is InChI=1S/C27H32N4O2/c1-20-6-3-7-22(14-20)23-8-4-10-25(15-23)30-27(32)24-9-5-12-31(19-24)18-21-16-28-26(29-17-21)11-13-33-2/h3-4,6-8,10,14-17,24H,5,9,11-13,18-19H2,1-2H3,(H,30,32)/t24-/m0/s1. The number of piperidine rings is 1. The van der Waals surface area contributed by atoms with Gasteiger partial charge in [-0.3, -0.25) is 9.69 Å². The topological polar surface area (TPSA) is 67.3 Å². The number of aryl methyl sites for hydroxylation is 1. The number of aromatic nitrogens is 2. The lowest BCUT2D eigenvalue weighted by Gasteiger charge is -2.31. The zero-order valence-corrected chi connectivity index (χ0v) is 19.5.